The van der Waals surface area contributed by atoms with Crippen molar-refractivity contribution < 1.29 is 4.42 Å². The fraction of sp³-hybridized carbons (Fsp3) is 0. The second kappa shape index (κ2) is 13.0. The quantitative estimate of drug-likeness (QED) is 0.164. The van der Waals surface area contributed by atoms with E-state index in [0.717, 1.165) is 82.7 Å². The first kappa shape index (κ1) is 32.7. The second-order valence-electron chi connectivity index (χ2n) is 14.5. The molecule has 0 aliphatic rings. The van der Waals surface area contributed by atoms with E-state index in [4.69, 9.17) is 24.4 Å². The molecule has 0 unspecified atom stereocenters. The van der Waals surface area contributed by atoms with E-state index in [1.165, 1.54) is 20.2 Å². The summed E-state index contributed by atoms with van der Waals surface area (Å²) in [5.74, 6) is 1.93. The summed E-state index contributed by atoms with van der Waals surface area (Å²) in [5.41, 5.74) is 9.73. The average Bonchev–Trinajstić information content (AvgIpc) is 3.87. The van der Waals surface area contributed by atoms with Gasteiger partial charge in [0.05, 0.1) is 11.2 Å². The highest BCUT2D eigenvalue weighted by molar-refractivity contribution is 7.25. The summed E-state index contributed by atoms with van der Waals surface area (Å²) < 4.78 is 9.08. The molecule has 0 spiro atoms. The number of pyridine rings is 1. The fourth-order valence-electron chi connectivity index (χ4n) is 8.42. The number of para-hydroxylation sites is 1. The number of hydrogen-bond donors (Lipinski definition) is 0. The van der Waals surface area contributed by atoms with Crippen molar-refractivity contribution in [1.29, 1.82) is 0 Å². The molecule has 0 saturated carbocycles. The van der Waals surface area contributed by atoms with E-state index in [1.54, 1.807) is 11.3 Å². The lowest BCUT2D eigenvalue weighted by Gasteiger charge is -2.11. The largest absolute Gasteiger partial charge is 0.456 e. The molecule has 0 N–H and O–H groups in total. The maximum absolute atomic E-state index is 6.63. The topological polar surface area (TPSA) is 64.7 Å². The van der Waals surface area contributed by atoms with Gasteiger partial charge < -0.3 is 4.42 Å². The predicted molar refractivity (Wildman–Crippen MR) is 240 cm³/mol. The molecule has 0 aliphatic carbocycles. The lowest BCUT2D eigenvalue weighted by Crippen LogP contribution is -2.00. The van der Waals surface area contributed by atoms with Crippen LogP contribution in [0.4, 0.5) is 0 Å². The van der Waals surface area contributed by atoms with Crippen LogP contribution in [0.3, 0.4) is 0 Å². The Morgan fingerprint density at radius 1 is 0.345 bits per heavy atom. The van der Waals surface area contributed by atoms with E-state index in [-0.39, 0.29) is 0 Å². The molecule has 12 aromatic rings. The minimum absolute atomic E-state index is 0.628. The molecule has 270 valence electrons. The van der Waals surface area contributed by atoms with E-state index < -0.39 is 0 Å². The highest BCUT2D eigenvalue weighted by atomic mass is 32.1. The van der Waals surface area contributed by atoms with Crippen LogP contribution >= 0.6 is 11.3 Å². The second-order valence-corrected chi connectivity index (χ2v) is 15.6. The number of rotatable bonds is 5. The summed E-state index contributed by atoms with van der Waals surface area (Å²) in [6.45, 7) is 0. The van der Waals surface area contributed by atoms with Gasteiger partial charge in [-0.1, -0.05) is 140 Å². The monoisotopic (exact) mass is 758 g/mol. The van der Waals surface area contributed by atoms with Crippen molar-refractivity contribution in [2.24, 2.45) is 0 Å². The van der Waals surface area contributed by atoms with Crippen molar-refractivity contribution in [2.45, 2.75) is 0 Å². The minimum Gasteiger partial charge on any atom is -0.456 e. The molecule has 6 heteroatoms. The van der Waals surface area contributed by atoms with Gasteiger partial charge in [-0.2, -0.15) is 0 Å². The van der Waals surface area contributed by atoms with Crippen molar-refractivity contribution >= 4 is 75.1 Å². The molecular formula is C52H30N4OS. The van der Waals surface area contributed by atoms with Gasteiger partial charge in [0.1, 0.15) is 11.2 Å². The van der Waals surface area contributed by atoms with Gasteiger partial charge in [0.2, 0.25) is 0 Å². The van der Waals surface area contributed by atoms with Crippen LogP contribution in [-0.2, 0) is 0 Å². The Balaban J connectivity index is 0.971. The van der Waals surface area contributed by atoms with Crippen molar-refractivity contribution in [2.75, 3.05) is 0 Å². The van der Waals surface area contributed by atoms with Gasteiger partial charge in [0, 0.05) is 69.4 Å². The van der Waals surface area contributed by atoms with Crippen LogP contribution < -0.4 is 0 Å². The first-order valence-electron chi connectivity index (χ1n) is 19.3. The van der Waals surface area contributed by atoms with Gasteiger partial charge in [-0.15, -0.1) is 11.3 Å². The maximum atomic E-state index is 6.63. The van der Waals surface area contributed by atoms with Crippen LogP contribution in [0.1, 0.15) is 0 Å². The number of hydrogen-bond acceptors (Lipinski definition) is 6. The van der Waals surface area contributed by atoms with E-state index in [2.05, 4.69) is 146 Å². The van der Waals surface area contributed by atoms with E-state index >= 15 is 0 Å². The molecular weight excluding hydrogens is 729 g/mol. The number of nitrogens with zero attached hydrogens (tertiary/aromatic N) is 4. The van der Waals surface area contributed by atoms with E-state index in [0.29, 0.717) is 17.5 Å². The molecule has 5 nitrogen and oxygen atoms in total. The highest BCUT2D eigenvalue weighted by Gasteiger charge is 2.19. The number of benzene rings is 8. The van der Waals surface area contributed by atoms with Crippen LogP contribution in [0.25, 0.3) is 120 Å². The average molecular weight is 759 g/mol. The summed E-state index contributed by atoms with van der Waals surface area (Å²) in [7, 11) is 0. The zero-order chi connectivity index (χ0) is 38.2. The molecule has 8 aromatic carbocycles. The highest BCUT2D eigenvalue weighted by Crippen LogP contribution is 2.43. The third-order valence-corrected chi connectivity index (χ3v) is 12.3. The number of fused-ring (bicyclic) bond motifs is 10. The Morgan fingerprint density at radius 3 is 1.78 bits per heavy atom. The lowest BCUT2D eigenvalue weighted by molar-refractivity contribution is 0.669. The number of furan rings is 1. The van der Waals surface area contributed by atoms with E-state index in [9.17, 15) is 0 Å². The zero-order valence-electron chi connectivity index (χ0n) is 30.9. The van der Waals surface area contributed by atoms with Gasteiger partial charge in [-0.05, 0) is 53.6 Å². The molecule has 0 radical (unpaired) electrons. The zero-order valence-corrected chi connectivity index (χ0v) is 31.7. The van der Waals surface area contributed by atoms with Crippen molar-refractivity contribution in [3.8, 4) is 56.5 Å². The molecule has 0 bridgehead atoms. The summed E-state index contributed by atoms with van der Waals surface area (Å²) in [6.07, 6.45) is 0. The first-order chi connectivity index (χ1) is 28.7. The van der Waals surface area contributed by atoms with Gasteiger partial charge >= 0.3 is 0 Å². The van der Waals surface area contributed by atoms with Crippen LogP contribution in [0.15, 0.2) is 186 Å². The Hall–Kier alpha value is -7.54. The fourth-order valence-corrected chi connectivity index (χ4v) is 9.55. The standard InChI is InChI=1S/C52H30N4OS/c1-3-12-32(13-4-1)49-39-28-29-42-48(47(39)36-16-7-9-19-41(36)53-49)37-27-26-35(30-43(37)57-42)31-22-24-34(25-23-31)51-54-50(33-14-5-2-6-15-33)55-52(56-51)40-18-11-21-45-46(40)38-17-8-10-20-44(38)58-45/h1-30H. The van der Waals surface area contributed by atoms with Crippen LogP contribution in [0.2, 0.25) is 0 Å². The molecule has 0 atom stereocenters. The molecule has 58 heavy (non-hydrogen) atoms. The van der Waals surface area contributed by atoms with Crippen molar-refractivity contribution in [3.05, 3.63) is 182 Å². The predicted octanol–water partition coefficient (Wildman–Crippen LogP) is 14.2. The summed E-state index contributed by atoms with van der Waals surface area (Å²) in [6, 6.07) is 63.1. The number of aromatic nitrogens is 4. The van der Waals surface area contributed by atoms with Gasteiger partial charge in [-0.25, -0.2) is 19.9 Å². The van der Waals surface area contributed by atoms with Crippen molar-refractivity contribution in [3.63, 3.8) is 0 Å². The SMILES string of the molecule is c1ccc(-c2nc(-c3ccc(-c4ccc5c(c4)oc4ccc6c(-c7ccccc7)nc7ccccc7c6c45)cc3)nc(-c3cccc4sc5ccccc5c34)n2)cc1. The van der Waals surface area contributed by atoms with Crippen molar-refractivity contribution in [1.82, 2.24) is 19.9 Å². The summed E-state index contributed by atoms with van der Waals surface area (Å²) in [5, 5.41) is 7.95. The maximum Gasteiger partial charge on any atom is 0.164 e. The molecule has 0 amide bonds. The third kappa shape index (κ3) is 5.23. The number of thiophene rings is 1. The lowest BCUT2D eigenvalue weighted by atomic mass is 9.95. The normalized spacial score (nSPS) is 11.8. The van der Waals surface area contributed by atoms with E-state index in [1.807, 2.05) is 36.4 Å². The molecule has 0 aliphatic heterocycles. The Bertz CT molecular complexity index is 3560. The Morgan fingerprint density at radius 2 is 0.966 bits per heavy atom. The Kier molecular flexibility index (Phi) is 7.33. The molecule has 0 saturated heterocycles. The smallest absolute Gasteiger partial charge is 0.164 e. The summed E-state index contributed by atoms with van der Waals surface area (Å²) in [4.78, 5) is 20.4. The molecule has 0 fully saturated rings. The Labute approximate surface area is 336 Å². The third-order valence-electron chi connectivity index (χ3n) is 11.1. The van der Waals surface area contributed by atoms with Gasteiger partial charge in [0.25, 0.3) is 0 Å². The van der Waals surface area contributed by atoms with Gasteiger partial charge in [-0.3, -0.25) is 0 Å². The van der Waals surface area contributed by atoms with Gasteiger partial charge in [0.15, 0.2) is 17.5 Å². The first-order valence-corrected chi connectivity index (χ1v) is 20.1. The van der Waals surface area contributed by atoms with Crippen LogP contribution in [0, 0.1) is 0 Å². The minimum atomic E-state index is 0.628. The van der Waals surface area contributed by atoms with Crippen LogP contribution in [-0.4, -0.2) is 19.9 Å². The molecule has 4 heterocycles. The van der Waals surface area contributed by atoms with Crippen LogP contribution in [0.5, 0.6) is 0 Å². The molecule has 4 aromatic heterocycles. The summed E-state index contributed by atoms with van der Waals surface area (Å²) >= 11 is 1.79. The molecule has 12 rings (SSSR count).